The number of ether oxygens (including phenoxy) is 4. The first-order chi connectivity index (χ1) is 24.7. The van der Waals surface area contributed by atoms with Crippen molar-refractivity contribution in [3.05, 3.63) is 48.2 Å². The van der Waals surface area contributed by atoms with Crippen molar-refractivity contribution in [3.8, 4) is 5.75 Å². The van der Waals surface area contributed by atoms with E-state index in [0.29, 0.717) is 94.1 Å². The van der Waals surface area contributed by atoms with Crippen LogP contribution >= 0.6 is 18.9 Å². The number of alkyl halides is 3. The van der Waals surface area contributed by atoms with Crippen molar-refractivity contribution in [3.63, 3.8) is 0 Å². The molecule has 51 heavy (non-hydrogen) atoms. The van der Waals surface area contributed by atoms with Crippen molar-refractivity contribution in [2.45, 2.75) is 44.3 Å². The highest BCUT2D eigenvalue weighted by Gasteiger charge is 2.33. The standard InChI is InChI=1S/C34H49F3N5O5PS.C2H6/c1-3-40-10-5-9-38-29-6-4-11-42-31(29)24-27(33(42)49-34(35,36)37)26-39-30-8-7-28(25-32(30)44-2)48(43)22-14-41(15-23-48)13-17-46-19-21-47-20-18-45-16-12-40;1-2/h4,6-8,11,24-25,38-39H,3,5,9-10,12-23,26H2,1-2H3;1-2H3. The van der Waals surface area contributed by atoms with Gasteiger partial charge in [0.05, 0.1) is 68.7 Å². The first-order valence-electron chi connectivity index (χ1n) is 18.0. The second kappa shape index (κ2) is 20.7. The van der Waals surface area contributed by atoms with E-state index in [0.717, 1.165) is 43.6 Å². The number of nitrogens with zero attached hydrogens (tertiary/aromatic N) is 3. The third kappa shape index (κ3) is 12.3. The number of methoxy groups -OCH3 is 1. The second-order valence-corrected chi connectivity index (χ2v) is 16.4. The summed E-state index contributed by atoms with van der Waals surface area (Å²) in [5, 5.41) is 7.60. The van der Waals surface area contributed by atoms with E-state index in [2.05, 4.69) is 27.4 Å². The predicted molar refractivity (Wildman–Crippen MR) is 202 cm³/mol. The van der Waals surface area contributed by atoms with Crippen LogP contribution in [-0.4, -0.2) is 125 Å². The lowest BCUT2D eigenvalue weighted by Gasteiger charge is -2.32. The number of hydrogen-bond acceptors (Lipinski definition) is 10. The number of benzene rings is 1. The molecule has 4 aliphatic rings. The summed E-state index contributed by atoms with van der Waals surface area (Å²) in [7, 11) is -1.09. The molecule has 10 nitrogen and oxygen atoms in total. The number of rotatable bonds is 3. The molecule has 3 aromatic rings. The molecule has 2 N–H and O–H groups in total. The normalized spacial score (nSPS) is 22.5. The van der Waals surface area contributed by atoms with Gasteiger partial charge < -0.3 is 48.3 Å². The van der Waals surface area contributed by atoms with Crippen LogP contribution in [0.4, 0.5) is 24.5 Å². The molecule has 0 saturated carbocycles. The molecule has 6 bridgehead atoms. The maximum absolute atomic E-state index is 14.0. The fourth-order valence-corrected chi connectivity index (χ4v) is 9.58. The van der Waals surface area contributed by atoms with Crippen LogP contribution < -0.4 is 20.7 Å². The molecule has 1 aromatic carbocycles. The van der Waals surface area contributed by atoms with E-state index in [1.165, 1.54) is 0 Å². The minimum atomic E-state index is -4.46. The number of aromatic nitrogens is 1. The SMILES string of the molecule is CC.CCN1CCCNc2cccn3c(SC(F)(F)F)c(cc23)CNc2ccc(cc2OC)P2(=O)CCN(CCOCCOCCOCC1)CC2. The fourth-order valence-electron chi connectivity index (χ4n) is 6.19. The van der Waals surface area contributed by atoms with Crippen molar-refractivity contribution in [2.24, 2.45) is 0 Å². The number of thioether (sulfide) groups is 1. The van der Waals surface area contributed by atoms with Crippen LogP contribution in [-0.2, 0) is 25.3 Å². The molecule has 1 fully saturated rings. The van der Waals surface area contributed by atoms with Crippen LogP contribution in [0.15, 0.2) is 47.6 Å². The van der Waals surface area contributed by atoms with Crippen LogP contribution in [0.5, 0.6) is 5.75 Å². The highest BCUT2D eigenvalue weighted by atomic mass is 32.2. The van der Waals surface area contributed by atoms with E-state index in [4.69, 9.17) is 18.9 Å². The second-order valence-electron chi connectivity index (χ2n) is 12.2. The maximum atomic E-state index is 14.0. The van der Waals surface area contributed by atoms with Gasteiger partial charge in [0, 0.05) is 80.4 Å². The maximum Gasteiger partial charge on any atom is 0.447 e. The lowest BCUT2D eigenvalue weighted by atomic mass is 10.2. The Balaban J connectivity index is 0.00000286. The molecule has 0 unspecified atom stereocenters. The molecule has 6 heterocycles. The van der Waals surface area contributed by atoms with Gasteiger partial charge in [0.15, 0.2) is 0 Å². The van der Waals surface area contributed by atoms with Crippen molar-refractivity contribution >= 4 is 41.1 Å². The summed E-state index contributed by atoms with van der Waals surface area (Å²) in [6.45, 7) is 15.0. The third-order valence-corrected chi connectivity index (χ3v) is 12.9. The minimum Gasteiger partial charge on any atom is -0.495 e. The van der Waals surface area contributed by atoms with Crippen LogP contribution in [0, 0.1) is 0 Å². The van der Waals surface area contributed by atoms with Gasteiger partial charge in [-0.25, -0.2) is 0 Å². The van der Waals surface area contributed by atoms with Crippen LogP contribution in [0.3, 0.4) is 0 Å². The lowest BCUT2D eigenvalue weighted by Crippen LogP contribution is -2.39. The zero-order valence-corrected chi connectivity index (χ0v) is 32.1. The Kier molecular flexibility index (Phi) is 16.8. The van der Waals surface area contributed by atoms with Crippen molar-refractivity contribution in [1.82, 2.24) is 14.2 Å². The van der Waals surface area contributed by atoms with Crippen molar-refractivity contribution in [1.29, 1.82) is 0 Å². The van der Waals surface area contributed by atoms with Gasteiger partial charge in [0.2, 0.25) is 0 Å². The molecule has 0 amide bonds. The molecular weight excluding hydrogens is 702 g/mol. The number of hydrogen-bond donors (Lipinski definition) is 2. The average molecular weight is 758 g/mol. The summed E-state index contributed by atoms with van der Waals surface area (Å²) in [5.41, 5.74) is -1.88. The molecule has 4 aliphatic heterocycles. The summed E-state index contributed by atoms with van der Waals surface area (Å²) >= 11 is -0.117. The van der Waals surface area contributed by atoms with Crippen molar-refractivity contribution < 1.29 is 36.7 Å². The summed E-state index contributed by atoms with van der Waals surface area (Å²) in [4.78, 5) is 4.59. The highest BCUT2D eigenvalue weighted by Crippen LogP contribution is 2.47. The number of nitrogens with one attached hydrogen (secondary N) is 2. The van der Waals surface area contributed by atoms with E-state index in [9.17, 15) is 17.7 Å². The number of halogens is 3. The molecule has 0 radical (unpaired) electrons. The van der Waals surface area contributed by atoms with Gasteiger partial charge in [-0.1, -0.05) is 20.8 Å². The smallest absolute Gasteiger partial charge is 0.447 e. The first-order valence-corrected chi connectivity index (χ1v) is 20.9. The topological polar surface area (TPSA) is 88.9 Å². The molecule has 0 aliphatic carbocycles. The Hall–Kier alpha value is -2.45. The van der Waals surface area contributed by atoms with E-state index in [1.54, 1.807) is 29.8 Å². The number of fused-ring (bicyclic) bond motifs is 2. The molecule has 1 saturated heterocycles. The Morgan fingerprint density at radius 2 is 1.57 bits per heavy atom. The predicted octanol–water partition coefficient (Wildman–Crippen LogP) is 6.69. The van der Waals surface area contributed by atoms with Gasteiger partial charge in [-0.2, -0.15) is 13.2 Å². The highest BCUT2D eigenvalue weighted by molar-refractivity contribution is 8.00. The third-order valence-electron chi connectivity index (χ3n) is 8.99. The van der Waals surface area contributed by atoms with Gasteiger partial charge in [0.1, 0.15) is 12.9 Å². The fraction of sp³-hybridized carbons (Fsp3) is 0.611. The molecule has 7 rings (SSSR count). The van der Waals surface area contributed by atoms with E-state index in [1.807, 2.05) is 38.1 Å². The minimum absolute atomic E-state index is 0.105. The monoisotopic (exact) mass is 757 g/mol. The van der Waals surface area contributed by atoms with Crippen LogP contribution in [0.2, 0.25) is 0 Å². The average Bonchev–Trinajstić information content (AvgIpc) is 3.47. The number of anilines is 2. The van der Waals surface area contributed by atoms with Gasteiger partial charge in [-0.05, 0) is 55.9 Å². The largest absolute Gasteiger partial charge is 0.495 e. The molecule has 2 aromatic heterocycles. The Morgan fingerprint density at radius 1 is 0.882 bits per heavy atom. The van der Waals surface area contributed by atoms with E-state index in [-0.39, 0.29) is 23.3 Å². The summed E-state index contributed by atoms with van der Waals surface area (Å²) in [5.74, 6) is 0.509. The van der Waals surface area contributed by atoms with Crippen LogP contribution in [0.1, 0.15) is 32.8 Å². The summed E-state index contributed by atoms with van der Waals surface area (Å²) in [6.07, 6.45) is 3.65. The molecular formula is C36H55F3N5O5PS. The summed E-state index contributed by atoms with van der Waals surface area (Å²) in [6, 6.07) is 11.0. The van der Waals surface area contributed by atoms with Gasteiger partial charge in [-0.15, -0.1) is 0 Å². The van der Waals surface area contributed by atoms with Crippen molar-refractivity contribution in [2.75, 3.05) is 116 Å². The van der Waals surface area contributed by atoms with Gasteiger partial charge >= 0.3 is 5.51 Å². The number of likely N-dealkylation sites (N-methyl/N-ethyl adjacent to an activating group) is 1. The Labute approximate surface area is 305 Å². The van der Waals surface area contributed by atoms with Crippen LogP contribution in [0.25, 0.3) is 5.52 Å². The Morgan fingerprint density at radius 3 is 2.24 bits per heavy atom. The quantitative estimate of drug-likeness (QED) is 0.223. The molecule has 15 heteroatoms. The zero-order chi connectivity index (χ0) is 36.7. The first kappa shape index (κ1) is 41.3. The molecule has 0 atom stereocenters. The van der Waals surface area contributed by atoms with E-state index >= 15 is 0 Å². The zero-order valence-electron chi connectivity index (χ0n) is 30.4. The molecule has 0 spiro atoms. The Bertz CT molecular complexity index is 1530. The summed E-state index contributed by atoms with van der Waals surface area (Å²) < 4.78 is 79.9. The number of pyridine rings is 1. The molecule has 286 valence electrons. The van der Waals surface area contributed by atoms with E-state index < -0.39 is 12.7 Å². The van der Waals surface area contributed by atoms with Gasteiger partial charge in [0.25, 0.3) is 0 Å². The van der Waals surface area contributed by atoms with Gasteiger partial charge in [-0.3, -0.25) is 0 Å². The lowest BCUT2D eigenvalue weighted by molar-refractivity contribution is -0.0330.